The Bertz CT molecular complexity index is 753. The molecule has 0 spiro atoms. The van der Waals surface area contributed by atoms with Gasteiger partial charge in [-0.05, 0) is 41.8 Å². The number of aromatic nitrogens is 1. The minimum Gasteiger partial charge on any atom is -0.447 e. The summed E-state index contributed by atoms with van der Waals surface area (Å²) in [6.07, 6.45) is 3.99. The van der Waals surface area contributed by atoms with Gasteiger partial charge in [-0.25, -0.2) is 9.18 Å². The molecule has 0 unspecified atom stereocenters. The molecule has 24 heavy (non-hydrogen) atoms. The molecular weight excluding hydrogens is 309 g/mol. The maximum atomic E-state index is 13.8. The van der Waals surface area contributed by atoms with Gasteiger partial charge in [0.05, 0.1) is 11.7 Å². The van der Waals surface area contributed by atoms with E-state index in [4.69, 9.17) is 4.74 Å². The molecule has 1 aromatic carbocycles. The lowest BCUT2D eigenvalue weighted by Crippen LogP contribution is -2.40. The molecule has 0 N–H and O–H groups in total. The number of carbonyl (C=O) groups is 1. The number of fused-ring (bicyclic) bond motifs is 3. The summed E-state index contributed by atoms with van der Waals surface area (Å²) in [7, 11) is 0. The fraction of sp³-hybridized carbons (Fsp3) is 0.333. The van der Waals surface area contributed by atoms with Gasteiger partial charge in [0.25, 0.3) is 0 Å². The summed E-state index contributed by atoms with van der Waals surface area (Å²) < 4.78 is 19.0. The maximum absolute atomic E-state index is 13.8. The average Bonchev–Trinajstić information content (AvgIpc) is 2.94. The summed E-state index contributed by atoms with van der Waals surface area (Å²) in [5, 5.41) is 0. The van der Waals surface area contributed by atoms with Crippen molar-refractivity contribution >= 4 is 11.8 Å². The Labute approximate surface area is 139 Å². The SMILES string of the molecule is O=C1OC[C@@H]2CCN(Cc3ccncc3)Cc3ccc(F)cc3N12. The summed E-state index contributed by atoms with van der Waals surface area (Å²) in [5.41, 5.74) is 2.75. The van der Waals surface area contributed by atoms with Crippen LogP contribution >= 0.6 is 0 Å². The third kappa shape index (κ3) is 2.85. The Morgan fingerprint density at radius 1 is 1.25 bits per heavy atom. The number of pyridine rings is 1. The fourth-order valence-electron chi connectivity index (χ4n) is 3.40. The molecule has 0 radical (unpaired) electrons. The van der Waals surface area contributed by atoms with Gasteiger partial charge in [-0.1, -0.05) is 6.07 Å². The van der Waals surface area contributed by atoms with E-state index in [0.29, 0.717) is 18.8 Å². The first-order valence-corrected chi connectivity index (χ1v) is 8.06. The topological polar surface area (TPSA) is 45.7 Å². The zero-order valence-corrected chi connectivity index (χ0v) is 13.2. The van der Waals surface area contributed by atoms with E-state index in [2.05, 4.69) is 9.88 Å². The number of ether oxygens (including phenoxy) is 1. The number of nitrogens with zero attached hydrogens (tertiary/aromatic N) is 3. The first-order chi connectivity index (χ1) is 11.7. The van der Waals surface area contributed by atoms with E-state index in [1.165, 1.54) is 17.7 Å². The van der Waals surface area contributed by atoms with Crippen LogP contribution in [-0.4, -0.2) is 35.2 Å². The molecule has 2 aliphatic rings. The molecule has 124 valence electrons. The summed E-state index contributed by atoms with van der Waals surface area (Å²) >= 11 is 0. The first-order valence-electron chi connectivity index (χ1n) is 8.06. The molecule has 4 rings (SSSR count). The van der Waals surface area contributed by atoms with Crippen LogP contribution in [0.25, 0.3) is 0 Å². The number of benzene rings is 1. The number of hydrogen-bond donors (Lipinski definition) is 0. The first kappa shape index (κ1) is 15.1. The Balaban J connectivity index is 1.66. The highest BCUT2D eigenvalue weighted by molar-refractivity contribution is 5.91. The molecule has 1 aromatic heterocycles. The Hall–Kier alpha value is -2.47. The lowest BCUT2D eigenvalue weighted by atomic mass is 10.0. The summed E-state index contributed by atoms with van der Waals surface area (Å²) in [6, 6.07) is 8.60. The standard InChI is InChI=1S/C18H18FN3O2/c19-15-2-1-14-11-21(10-13-3-6-20-7-4-13)8-5-16-12-24-18(23)22(16)17(14)9-15/h1-4,6-7,9,16H,5,8,10-12H2/t16-/m0/s1. The Morgan fingerprint density at radius 2 is 2.08 bits per heavy atom. The highest BCUT2D eigenvalue weighted by Crippen LogP contribution is 2.32. The maximum Gasteiger partial charge on any atom is 0.414 e. The molecule has 2 aromatic rings. The molecule has 0 aliphatic carbocycles. The minimum absolute atomic E-state index is 0.0432. The van der Waals surface area contributed by atoms with Crippen molar-refractivity contribution in [3.63, 3.8) is 0 Å². The van der Waals surface area contributed by atoms with Crippen molar-refractivity contribution in [3.05, 3.63) is 59.7 Å². The molecule has 2 aliphatic heterocycles. The van der Waals surface area contributed by atoms with Crippen molar-refractivity contribution in [1.82, 2.24) is 9.88 Å². The van der Waals surface area contributed by atoms with Crippen LogP contribution in [0, 0.1) is 5.82 Å². The van der Waals surface area contributed by atoms with Crippen molar-refractivity contribution < 1.29 is 13.9 Å². The van der Waals surface area contributed by atoms with Crippen LogP contribution in [0.4, 0.5) is 14.9 Å². The number of carbonyl (C=O) groups excluding carboxylic acids is 1. The zero-order chi connectivity index (χ0) is 16.5. The molecule has 1 amide bonds. The third-order valence-corrected chi connectivity index (χ3v) is 4.60. The van der Waals surface area contributed by atoms with E-state index in [1.54, 1.807) is 23.4 Å². The molecule has 3 heterocycles. The molecule has 0 saturated carbocycles. The molecular formula is C18H18FN3O2. The number of halogens is 1. The second kappa shape index (κ2) is 6.20. The number of hydrogen-bond acceptors (Lipinski definition) is 4. The Morgan fingerprint density at radius 3 is 2.92 bits per heavy atom. The van der Waals surface area contributed by atoms with Gasteiger partial charge < -0.3 is 4.74 Å². The predicted octanol–water partition coefficient (Wildman–Crippen LogP) is 2.95. The quantitative estimate of drug-likeness (QED) is 0.851. The smallest absolute Gasteiger partial charge is 0.414 e. The highest BCUT2D eigenvalue weighted by Gasteiger charge is 2.37. The number of amides is 1. The molecule has 6 heteroatoms. The van der Waals surface area contributed by atoms with Crippen LogP contribution in [-0.2, 0) is 17.8 Å². The van der Waals surface area contributed by atoms with Gasteiger partial charge in [0.15, 0.2) is 0 Å². The normalized spacial score (nSPS) is 20.8. The highest BCUT2D eigenvalue weighted by atomic mass is 19.1. The van der Waals surface area contributed by atoms with Gasteiger partial charge >= 0.3 is 6.09 Å². The summed E-state index contributed by atoms with van der Waals surface area (Å²) in [4.78, 5) is 20.1. The number of rotatable bonds is 2. The van der Waals surface area contributed by atoms with Gasteiger partial charge in [-0.3, -0.25) is 14.8 Å². The van der Waals surface area contributed by atoms with Crippen LogP contribution in [0.5, 0.6) is 0 Å². The lowest BCUT2D eigenvalue weighted by molar-refractivity contribution is 0.177. The third-order valence-electron chi connectivity index (χ3n) is 4.60. The van der Waals surface area contributed by atoms with Crippen LogP contribution in [0.3, 0.4) is 0 Å². The number of cyclic esters (lactones) is 1. The summed E-state index contributed by atoms with van der Waals surface area (Å²) in [6.45, 7) is 2.66. The average molecular weight is 327 g/mol. The lowest BCUT2D eigenvalue weighted by Gasteiger charge is -2.32. The van der Waals surface area contributed by atoms with Gasteiger partial charge in [-0.15, -0.1) is 0 Å². The minimum atomic E-state index is -0.380. The molecule has 5 nitrogen and oxygen atoms in total. The van der Waals surface area contributed by atoms with Gasteiger partial charge in [0.2, 0.25) is 0 Å². The molecule has 1 atom stereocenters. The van der Waals surface area contributed by atoms with Crippen molar-refractivity contribution in [2.45, 2.75) is 25.6 Å². The molecule has 0 bridgehead atoms. The van der Waals surface area contributed by atoms with E-state index < -0.39 is 0 Å². The van der Waals surface area contributed by atoms with Crippen LogP contribution in [0.2, 0.25) is 0 Å². The van der Waals surface area contributed by atoms with Crippen molar-refractivity contribution in [2.75, 3.05) is 18.1 Å². The molecule has 1 fully saturated rings. The summed E-state index contributed by atoms with van der Waals surface area (Å²) in [5.74, 6) is -0.339. The van der Waals surface area contributed by atoms with Crippen LogP contribution in [0.15, 0.2) is 42.7 Å². The number of anilines is 1. The second-order valence-corrected chi connectivity index (χ2v) is 6.23. The molecule has 1 saturated heterocycles. The van der Waals surface area contributed by atoms with Gasteiger partial charge in [0, 0.05) is 32.0 Å². The van der Waals surface area contributed by atoms with Crippen LogP contribution in [0.1, 0.15) is 17.5 Å². The largest absolute Gasteiger partial charge is 0.447 e. The van der Waals surface area contributed by atoms with Crippen molar-refractivity contribution in [3.8, 4) is 0 Å². The van der Waals surface area contributed by atoms with E-state index >= 15 is 0 Å². The van der Waals surface area contributed by atoms with E-state index in [0.717, 1.165) is 25.1 Å². The Kier molecular flexibility index (Phi) is 3.90. The van der Waals surface area contributed by atoms with Crippen molar-refractivity contribution in [1.29, 1.82) is 0 Å². The van der Waals surface area contributed by atoms with E-state index in [1.807, 2.05) is 12.1 Å². The zero-order valence-electron chi connectivity index (χ0n) is 13.2. The van der Waals surface area contributed by atoms with E-state index in [9.17, 15) is 9.18 Å². The van der Waals surface area contributed by atoms with Gasteiger partial charge in [0.1, 0.15) is 12.4 Å². The van der Waals surface area contributed by atoms with Crippen LogP contribution < -0.4 is 4.90 Å². The predicted molar refractivity (Wildman–Crippen MR) is 87.0 cm³/mol. The van der Waals surface area contributed by atoms with Gasteiger partial charge in [-0.2, -0.15) is 0 Å². The fourth-order valence-corrected chi connectivity index (χ4v) is 3.40. The van der Waals surface area contributed by atoms with E-state index in [-0.39, 0.29) is 18.0 Å². The van der Waals surface area contributed by atoms with Crippen molar-refractivity contribution in [2.24, 2.45) is 0 Å². The second-order valence-electron chi connectivity index (χ2n) is 6.23. The monoisotopic (exact) mass is 327 g/mol.